The zero-order valence-corrected chi connectivity index (χ0v) is 8.80. The van der Waals surface area contributed by atoms with Crippen molar-refractivity contribution < 1.29 is 19.7 Å². The van der Waals surface area contributed by atoms with Gasteiger partial charge in [-0.05, 0) is 43.5 Å². The number of carboxylic acid groups (broad SMARTS) is 1. The first kappa shape index (κ1) is 11.0. The van der Waals surface area contributed by atoms with Gasteiger partial charge in [-0.25, -0.2) is 4.79 Å². The topological polar surface area (TPSA) is 66.8 Å². The highest BCUT2D eigenvalue weighted by atomic mass is 16.5. The van der Waals surface area contributed by atoms with Crippen molar-refractivity contribution in [3.8, 4) is 5.75 Å². The molecule has 2 atom stereocenters. The maximum atomic E-state index is 10.6. The van der Waals surface area contributed by atoms with Crippen LogP contribution in [0.2, 0.25) is 0 Å². The van der Waals surface area contributed by atoms with E-state index in [0.29, 0.717) is 5.75 Å². The molecule has 2 unspecified atom stereocenters. The molecule has 1 aromatic carbocycles. The van der Waals surface area contributed by atoms with Gasteiger partial charge in [0.1, 0.15) is 11.9 Å². The highest BCUT2D eigenvalue weighted by molar-refractivity contribution is 5.87. The summed E-state index contributed by atoms with van der Waals surface area (Å²) in [6, 6.07) is 6.24. The Labute approximate surface area is 93.5 Å². The molecule has 2 rings (SSSR count). The minimum absolute atomic E-state index is 0.157. The van der Waals surface area contributed by atoms with E-state index < -0.39 is 12.1 Å². The second-order valence-electron chi connectivity index (χ2n) is 3.98. The molecular weight excluding hydrogens is 208 g/mol. The fourth-order valence-electron chi connectivity index (χ4n) is 1.89. The molecule has 86 valence electrons. The van der Waals surface area contributed by atoms with E-state index >= 15 is 0 Å². The highest BCUT2D eigenvalue weighted by Gasteiger charge is 2.26. The minimum Gasteiger partial charge on any atom is -0.488 e. The molecule has 0 aromatic heterocycles. The lowest BCUT2D eigenvalue weighted by atomic mass is 10.2. The van der Waals surface area contributed by atoms with E-state index in [4.69, 9.17) is 9.84 Å². The van der Waals surface area contributed by atoms with Crippen LogP contribution in [0, 0.1) is 0 Å². The average molecular weight is 222 g/mol. The third kappa shape index (κ3) is 2.33. The number of rotatable bonds is 3. The van der Waals surface area contributed by atoms with E-state index in [-0.39, 0.29) is 11.7 Å². The van der Waals surface area contributed by atoms with E-state index in [0.717, 1.165) is 19.3 Å². The summed E-state index contributed by atoms with van der Waals surface area (Å²) >= 11 is 0. The summed E-state index contributed by atoms with van der Waals surface area (Å²) in [5.41, 5.74) is 0.235. The monoisotopic (exact) mass is 222 g/mol. The predicted octanol–water partition coefficient (Wildman–Crippen LogP) is 1.68. The molecule has 0 aliphatic heterocycles. The Bertz CT molecular complexity index is 371. The number of aliphatic hydroxyl groups is 1. The maximum Gasteiger partial charge on any atom is 0.335 e. The van der Waals surface area contributed by atoms with E-state index in [9.17, 15) is 9.90 Å². The predicted molar refractivity (Wildman–Crippen MR) is 57.7 cm³/mol. The Morgan fingerprint density at radius 2 is 1.94 bits per heavy atom. The van der Waals surface area contributed by atoms with Gasteiger partial charge in [-0.2, -0.15) is 0 Å². The normalized spacial score (nSPS) is 24.3. The van der Waals surface area contributed by atoms with Gasteiger partial charge in [0.05, 0.1) is 11.7 Å². The Hall–Kier alpha value is -1.55. The molecule has 4 nitrogen and oxygen atoms in total. The van der Waals surface area contributed by atoms with Crippen molar-refractivity contribution in [2.45, 2.75) is 31.5 Å². The van der Waals surface area contributed by atoms with Crippen LogP contribution in [0.15, 0.2) is 24.3 Å². The zero-order chi connectivity index (χ0) is 11.5. The van der Waals surface area contributed by atoms with E-state index in [1.165, 1.54) is 12.1 Å². The third-order valence-corrected chi connectivity index (χ3v) is 2.81. The number of benzene rings is 1. The van der Waals surface area contributed by atoms with Gasteiger partial charge >= 0.3 is 5.97 Å². The molecule has 1 aromatic rings. The summed E-state index contributed by atoms with van der Waals surface area (Å²) in [6.45, 7) is 0. The maximum absolute atomic E-state index is 10.6. The van der Waals surface area contributed by atoms with E-state index in [2.05, 4.69) is 0 Å². The quantitative estimate of drug-likeness (QED) is 0.816. The molecule has 0 saturated heterocycles. The smallest absolute Gasteiger partial charge is 0.335 e. The number of carbonyl (C=O) groups is 1. The fourth-order valence-corrected chi connectivity index (χ4v) is 1.89. The first-order valence-corrected chi connectivity index (χ1v) is 5.35. The molecule has 0 heterocycles. The Balaban J connectivity index is 2.02. The number of aliphatic hydroxyl groups excluding tert-OH is 1. The van der Waals surface area contributed by atoms with Crippen molar-refractivity contribution >= 4 is 5.97 Å². The van der Waals surface area contributed by atoms with Crippen LogP contribution in [0.25, 0.3) is 0 Å². The summed E-state index contributed by atoms with van der Waals surface area (Å²) < 4.78 is 5.58. The third-order valence-electron chi connectivity index (χ3n) is 2.81. The van der Waals surface area contributed by atoms with Crippen LogP contribution in [0.5, 0.6) is 5.75 Å². The number of carboxylic acids is 1. The molecule has 1 fully saturated rings. The summed E-state index contributed by atoms with van der Waals surface area (Å²) in [6.07, 6.45) is 2.04. The van der Waals surface area contributed by atoms with Crippen LogP contribution >= 0.6 is 0 Å². The number of aromatic carboxylic acids is 1. The highest BCUT2D eigenvalue weighted by Crippen LogP contribution is 2.24. The lowest BCUT2D eigenvalue weighted by Crippen LogP contribution is -2.25. The lowest BCUT2D eigenvalue weighted by molar-refractivity contribution is 0.0602. The molecule has 0 spiro atoms. The molecule has 1 aliphatic carbocycles. The average Bonchev–Trinajstić information content (AvgIpc) is 2.65. The first-order valence-electron chi connectivity index (χ1n) is 5.35. The largest absolute Gasteiger partial charge is 0.488 e. The lowest BCUT2D eigenvalue weighted by Gasteiger charge is -2.16. The van der Waals surface area contributed by atoms with Crippen molar-refractivity contribution in [1.29, 1.82) is 0 Å². The molecule has 0 bridgehead atoms. The van der Waals surface area contributed by atoms with Crippen LogP contribution in [0.3, 0.4) is 0 Å². The van der Waals surface area contributed by atoms with Crippen molar-refractivity contribution in [2.24, 2.45) is 0 Å². The fraction of sp³-hybridized carbons (Fsp3) is 0.417. The Morgan fingerprint density at radius 3 is 2.44 bits per heavy atom. The number of ether oxygens (including phenoxy) is 1. The molecule has 1 saturated carbocycles. The molecule has 2 N–H and O–H groups in total. The van der Waals surface area contributed by atoms with Gasteiger partial charge in [-0.15, -0.1) is 0 Å². The number of hydrogen-bond donors (Lipinski definition) is 2. The Kier molecular flexibility index (Phi) is 3.10. The van der Waals surface area contributed by atoms with Crippen LogP contribution in [0.4, 0.5) is 0 Å². The van der Waals surface area contributed by atoms with Gasteiger partial charge in [0.25, 0.3) is 0 Å². The zero-order valence-electron chi connectivity index (χ0n) is 8.80. The molecule has 16 heavy (non-hydrogen) atoms. The van der Waals surface area contributed by atoms with Crippen molar-refractivity contribution in [3.05, 3.63) is 29.8 Å². The minimum atomic E-state index is -0.951. The molecule has 1 aliphatic rings. The number of hydrogen-bond acceptors (Lipinski definition) is 3. The summed E-state index contributed by atoms with van der Waals surface area (Å²) in [4.78, 5) is 10.6. The Morgan fingerprint density at radius 1 is 1.25 bits per heavy atom. The van der Waals surface area contributed by atoms with Crippen LogP contribution in [0.1, 0.15) is 29.6 Å². The van der Waals surface area contributed by atoms with Gasteiger partial charge in [-0.1, -0.05) is 0 Å². The van der Waals surface area contributed by atoms with Crippen LogP contribution in [-0.2, 0) is 0 Å². The molecule has 4 heteroatoms. The molecule has 0 radical (unpaired) electrons. The second kappa shape index (κ2) is 4.53. The van der Waals surface area contributed by atoms with Crippen LogP contribution in [-0.4, -0.2) is 28.4 Å². The van der Waals surface area contributed by atoms with Crippen molar-refractivity contribution in [3.63, 3.8) is 0 Å². The van der Waals surface area contributed by atoms with E-state index in [1.54, 1.807) is 12.1 Å². The van der Waals surface area contributed by atoms with Gasteiger partial charge in [0.2, 0.25) is 0 Å². The summed E-state index contributed by atoms with van der Waals surface area (Å²) in [7, 11) is 0. The SMILES string of the molecule is O=C(O)c1ccc(OC2CCCC2O)cc1. The van der Waals surface area contributed by atoms with Gasteiger partial charge in [-0.3, -0.25) is 0 Å². The standard InChI is InChI=1S/C12H14O4/c13-10-2-1-3-11(10)16-9-6-4-8(5-7-9)12(14)15/h4-7,10-11,13H,1-3H2,(H,14,15). The molecular formula is C12H14O4. The second-order valence-corrected chi connectivity index (χ2v) is 3.98. The summed E-state index contributed by atoms with van der Waals surface area (Å²) in [5.74, 6) is -0.344. The van der Waals surface area contributed by atoms with Gasteiger partial charge in [0.15, 0.2) is 0 Å². The first-order chi connectivity index (χ1) is 7.66. The van der Waals surface area contributed by atoms with E-state index in [1.807, 2.05) is 0 Å². The molecule has 0 amide bonds. The summed E-state index contributed by atoms with van der Waals surface area (Å²) in [5, 5.41) is 18.3. The van der Waals surface area contributed by atoms with Crippen molar-refractivity contribution in [1.82, 2.24) is 0 Å². The van der Waals surface area contributed by atoms with Gasteiger partial charge < -0.3 is 14.9 Å². The van der Waals surface area contributed by atoms with Crippen LogP contribution < -0.4 is 4.74 Å². The van der Waals surface area contributed by atoms with Crippen molar-refractivity contribution in [2.75, 3.05) is 0 Å². The van der Waals surface area contributed by atoms with Gasteiger partial charge in [0, 0.05) is 0 Å².